The molecule has 4 rings (SSSR count). The molecule has 164 valence electrons. The van der Waals surface area contributed by atoms with Crippen LogP contribution in [0.5, 0.6) is 0 Å². The Kier molecular flexibility index (Phi) is 7.18. The number of anilines is 1. The van der Waals surface area contributed by atoms with E-state index in [-0.39, 0.29) is 5.78 Å². The molecule has 5 heteroatoms. The van der Waals surface area contributed by atoms with Crippen molar-refractivity contribution in [3.05, 3.63) is 136 Å². The molecule has 0 spiro atoms. The zero-order chi connectivity index (χ0) is 23.0. The maximum Gasteiger partial charge on any atom is 0.339 e. The molecule has 4 aromatic carbocycles. The molecule has 33 heavy (non-hydrogen) atoms. The number of hydrogen-bond donors (Lipinski definition) is 1. The highest BCUT2D eigenvalue weighted by Gasteiger charge is 2.26. The second kappa shape index (κ2) is 10.6. The molecule has 1 atom stereocenters. The minimum Gasteiger partial charge on any atom is -0.445 e. The van der Waals surface area contributed by atoms with E-state index in [0.717, 1.165) is 11.3 Å². The molecule has 0 bridgehead atoms. The maximum absolute atomic E-state index is 13.2. The standard InChI is InChI=1S/C28H22ClNO3/c29-24-17-15-22(16-18-24)27(26(31)21-7-3-1-4-8-21)33-28(32)23-13-11-20(12-14-23)19-30-25-9-5-2-6-10-25/h1-18,27,30H,19H2/t27-/m0/s1. The van der Waals surface area contributed by atoms with Crippen LogP contribution in [0, 0.1) is 0 Å². The van der Waals surface area contributed by atoms with Gasteiger partial charge in [-0.3, -0.25) is 4.79 Å². The molecule has 0 aliphatic heterocycles. The van der Waals surface area contributed by atoms with E-state index in [1.54, 1.807) is 60.7 Å². The molecule has 0 radical (unpaired) electrons. The predicted octanol–water partition coefficient (Wildman–Crippen LogP) is 6.73. The number of halogens is 1. The topological polar surface area (TPSA) is 55.4 Å². The molecule has 1 N–H and O–H groups in total. The monoisotopic (exact) mass is 455 g/mol. The summed E-state index contributed by atoms with van der Waals surface area (Å²) in [6.07, 6.45) is -1.07. The Morgan fingerprint density at radius 2 is 1.33 bits per heavy atom. The van der Waals surface area contributed by atoms with Gasteiger partial charge >= 0.3 is 5.97 Å². The summed E-state index contributed by atoms with van der Waals surface area (Å²) in [4.78, 5) is 26.1. The highest BCUT2D eigenvalue weighted by molar-refractivity contribution is 6.30. The first-order valence-electron chi connectivity index (χ1n) is 10.5. The van der Waals surface area contributed by atoms with Crippen molar-refractivity contribution in [1.29, 1.82) is 0 Å². The average molecular weight is 456 g/mol. The van der Waals surface area contributed by atoms with Crippen molar-refractivity contribution in [2.75, 3.05) is 5.32 Å². The molecule has 4 aromatic rings. The van der Waals surface area contributed by atoms with Gasteiger partial charge in [-0.15, -0.1) is 0 Å². The van der Waals surface area contributed by atoms with Crippen molar-refractivity contribution in [3.8, 4) is 0 Å². The van der Waals surface area contributed by atoms with E-state index in [2.05, 4.69) is 5.32 Å². The fraction of sp³-hybridized carbons (Fsp3) is 0.0714. The van der Waals surface area contributed by atoms with Gasteiger partial charge in [-0.2, -0.15) is 0 Å². The number of carbonyl (C=O) groups is 2. The van der Waals surface area contributed by atoms with E-state index in [1.807, 2.05) is 48.5 Å². The van der Waals surface area contributed by atoms with Crippen LogP contribution in [0.15, 0.2) is 109 Å². The molecule has 0 heterocycles. The summed E-state index contributed by atoms with van der Waals surface area (Å²) in [7, 11) is 0. The van der Waals surface area contributed by atoms with Gasteiger partial charge in [0.1, 0.15) is 0 Å². The SMILES string of the molecule is O=C(O[C@H](C(=O)c1ccccc1)c1ccc(Cl)cc1)c1ccc(CNc2ccccc2)cc1. The zero-order valence-electron chi connectivity index (χ0n) is 17.8. The van der Waals surface area contributed by atoms with Crippen molar-refractivity contribution < 1.29 is 14.3 Å². The van der Waals surface area contributed by atoms with Crippen molar-refractivity contribution in [1.82, 2.24) is 0 Å². The van der Waals surface area contributed by atoms with Gasteiger partial charge in [0.15, 0.2) is 6.10 Å². The van der Waals surface area contributed by atoms with Crippen LogP contribution in [0.3, 0.4) is 0 Å². The summed E-state index contributed by atoms with van der Waals surface area (Å²) in [6.45, 7) is 0.624. The van der Waals surface area contributed by atoms with E-state index in [0.29, 0.717) is 28.3 Å². The highest BCUT2D eigenvalue weighted by atomic mass is 35.5. The smallest absolute Gasteiger partial charge is 0.339 e. The lowest BCUT2D eigenvalue weighted by molar-refractivity contribution is 0.0280. The number of esters is 1. The molecule has 0 saturated heterocycles. The summed E-state index contributed by atoms with van der Waals surface area (Å²) in [5.41, 5.74) is 3.44. The number of ether oxygens (including phenoxy) is 1. The highest BCUT2D eigenvalue weighted by Crippen LogP contribution is 2.25. The van der Waals surface area contributed by atoms with Gasteiger partial charge < -0.3 is 10.1 Å². The Hall–Kier alpha value is -3.89. The Balaban J connectivity index is 1.49. The molecule has 0 aliphatic rings. The maximum atomic E-state index is 13.2. The van der Waals surface area contributed by atoms with Crippen LogP contribution in [0.1, 0.15) is 37.9 Å². The van der Waals surface area contributed by atoms with Gasteiger partial charge in [-0.25, -0.2) is 4.79 Å². The largest absolute Gasteiger partial charge is 0.445 e. The first kappa shape index (κ1) is 22.3. The molecular formula is C28H22ClNO3. The second-order valence-electron chi connectivity index (χ2n) is 7.48. The van der Waals surface area contributed by atoms with Gasteiger partial charge in [0, 0.05) is 28.4 Å². The fourth-order valence-electron chi connectivity index (χ4n) is 3.36. The van der Waals surface area contributed by atoms with Crippen LogP contribution >= 0.6 is 11.6 Å². The minimum absolute atomic E-state index is 0.296. The third-order valence-corrected chi connectivity index (χ3v) is 5.41. The van der Waals surface area contributed by atoms with Crippen molar-refractivity contribution in [2.24, 2.45) is 0 Å². The van der Waals surface area contributed by atoms with Crippen LogP contribution in [-0.4, -0.2) is 11.8 Å². The van der Waals surface area contributed by atoms with E-state index >= 15 is 0 Å². The number of rotatable bonds is 8. The van der Waals surface area contributed by atoms with Crippen LogP contribution in [0.2, 0.25) is 5.02 Å². The van der Waals surface area contributed by atoms with E-state index in [4.69, 9.17) is 16.3 Å². The second-order valence-corrected chi connectivity index (χ2v) is 7.92. The number of ketones is 1. The summed E-state index contributed by atoms with van der Waals surface area (Å²) >= 11 is 6.00. The summed E-state index contributed by atoms with van der Waals surface area (Å²) in [5, 5.41) is 3.87. The van der Waals surface area contributed by atoms with Crippen molar-refractivity contribution in [3.63, 3.8) is 0 Å². The fourth-order valence-corrected chi connectivity index (χ4v) is 3.48. The van der Waals surface area contributed by atoms with Crippen LogP contribution in [0.4, 0.5) is 5.69 Å². The van der Waals surface area contributed by atoms with Gasteiger partial charge in [-0.1, -0.05) is 84.4 Å². The number of Topliss-reactive ketones (excluding diaryl/α,β-unsaturated/α-hetero) is 1. The van der Waals surface area contributed by atoms with Crippen LogP contribution in [-0.2, 0) is 11.3 Å². The molecule has 0 aromatic heterocycles. The Morgan fingerprint density at radius 3 is 1.97 bits per heavy atom. The molecule has 0 amide bonds. The molecule has 0 unspecified atom stereocenters. The third kappa shape index (κ3) is 5.88. The van der Waals surface area contributed by atoms with Gasteiger partial charge in [-0.05, 0) is 42.0 Å². The third-order valence-electron chi connectivity index (χ3n) is 5.15. The van der Waals surface area contributed by atoms with Gasteiger partial charge in [0.05, 0.1) is 5.56 Å². The summed E-state index contributed by atoms with van der Waals surface area (Å²) < 4.78 is 5.70. The lowest BCUT2D eigenvalue weighted by Gasteiger charge is -2.18. The first-order chi connectivity index (χ1) is 16.1. The lowest BCUT2D eigenvalue weighted by atomic mass is 9.99. The summed E-state index contributed by atoms with van der Waals surface area (Å²) in [5.74, 6) is -0.864. The lowest BCUT2D eigenvalue weighted by Crippen LogP contribution is -2.20. The minimum atomic E-state index is -1.07. The zero-order valence-corrected chi connectivity index (χ0v) is 18.5. The quantitative estimate of drug-likeness (QED) is 0.236. The first-order valence-corrected chi connectivity index (χ1v) is 10.9. The number of para-hydroxylation sites is 1. The number of hydrogen-bond acceptors (Lipinski definition) is 4. The molecule has 0 aliphatic carbocycles. The van der Waals surface area contributed by atoms with Crippen LogP contribution < -0.4 is 5.32 Å². The van der Waals surface area contributed by atoms with Gasteiger partial charge in [0.25, 0.3) is 0 Å². The normalized spacial score (nSPS) is 11.4. The van der Waals surface area contributed by atoms with Crippen molar-refractivity contribution in [2.45, 2.75) is 12.6 Å². The van der Waals surface area contributed by atoms with E-state index in [9.17, 15) is 9.59 Å². The molecule has 0 saturated carbocycles. The van der Waals surface area contributed by atoms with Crippen molar-refractivity contribution >= 4 is 29.0 Å². The average Bonchev–Trinajstić information content (AvgIpc) is 2.87. The Labute approximate surface area is 197 Å². The Morgan fingerprint density at radius 1 is 0.727 bits per heavy atom. The predicted molar refractivity (Wildman–Crippen MR) is 131 cm³/mol. The van der Waals surface area contributed by atoms with Crippen LogP contribution in [0.25, 0.3) is 0 Å². The molecule has 4 nitrogen and oxygen atoms in total. The van der Waals surface area contributed by atoms with Gasteiger partial charge in [0.2, 0.25) is 5.78 Å². The molecular weight excluding hydrogens is 434 g/mol. The molecule has 0 fully saturated rings. The number of nitrogens with one attached hydrogen (secondary N) is 1. The Bertz CT molecular complexity index is 1210. The summed E-state index contributed by atoms with van der Waals surface area (Å²) in [6, 6.07) is 32.5. The number of benzene rings is 4. The van der Waals surface area contributed by atoms with E-state index in [1.165, 1.54) is 0 Å². The van der Waals surface area contributed by atoms with E-state index < -0.39 is 12.1 Å². The number of carbonyl (C=O) groups excluding carboxylic acids is 2.